The van der Waals surface area contributed by atoms with Crippen LogP contribution in [0.3, 0.4) is 0 Å². The maximum Gasteiger partial charge on any atom is 0.208 e. The van der Waals surface area contributed by atoms with Crippen LogP contribution < -0.4 is 10.0 Å². The van der Waals surface area contributed by atoms with Gasteiger partial charge >= 0.3 is 0 Å². The monoisotopic (exact) mass is 317 g/mol. The summed E-state index contributed by atoms with van der Waals surface area (Å²) in [6, 6.07) is 4.06. The van der Waals surface area contributed by atoms with Gasteiger partial charge < -0.3 is 5.32 Å². The summed E-state index contributed by atoms with van der Waals surface area (Å²) in [7, 11) is -3.09. The molecule has 8 heteroatoms. The minimum Gasteiger partial charge on any atom is -0.310 e. The number of thiazole rings is 1. The number of sulfonamides is 1. The second-order valence-corrected chi connectivity index (χ2v) is 7.85. The summed E-state index contributed by atoms with van der Waals surface area (Å²) in [4.78, 5) is 6.69. The molecule has 0 radical (unpaired) electrons. The van der Waals surface area contributed by atoms with Gasteiger partial charge in [-0.3, -0.25) is 0 Å². The Morgan fingerprint density at radius 2 is 2.21 bits per heavy atom. The zero-order valence-electron chi connectivity index (χ0n) is 10.4. The molecule has 19 heavy (non-hydrogen) atoms. The van der Waals surface area contributed by atoms with Crippen LogP contribution in [0.4, 0.5) is 0 Å². The van der Waals surface area contributed by atoms with Gasteiger partial charge in [0.1, 0.15) is 5.01 Å². The van der Waals surface area contributed by atoms with E-state index in [9.17, 15) is 8.42 Å². The van der Waals surface area contributed by atoms with Gasteiger partial charge in [0.05, 0.1) is 11.1 Å². The molecule has 0 bridgehead atoms. The summed E-state index contributed by atoms with van der Waals surface area (Å²) < 4.78 is 24.1. The van der Waals surface area contributed by atoms with Crippen LogP contribution in [0.2, 0.25) is 0 Å². The molecule has 104 valence electrons. The zero-order chi connectivity index (χ0) is 13.7. The first-order valence-electron chi connectivity index (χ1n) is 5.68. The van der Waals surface area contributed by atoms with E-state index in [1.165, 1.54) is 4.88 Å². The van der Waals surface area contributed by atoms with Crippen LogP contribution in [0.25, 0.3) is 9.88 Å². The predicted molar refractivity (Wildman–Crippen MR) is 80.0 cm³/mol. The summed E-state index contributed by atoms with van der Waals surface area (Å²) in [6.07, 6.45) is 3.01. The first-order valence-corrected chi connectivity index (χ1v) is 9.27. The smallest absolute Gasteiger partial charge is 0.208 e. The van der Waals surface area contributed by atoms with Gasteiger partial charge in [-0.1, -0.05) is 6.07 Å². The third-order valence-electron chi connectivity index (χ3n) is 2.25. The van der Waals surface area contributed by atoms with Crippen molar-refractivity contribution >= 4 is 32.7 Å². The number of nitrogens with one attached hydrogen (secondary N) is 2. The average Bonchev–Trinajstić information content (AvgIpc) is 2.97. The molecule has 0 saturated carbocycles. The molecule has 0 saturated heterocycles. The van der Waals surface area contributed by atoms with Crippen molar-refractivity contribution in [1.29, 1.82) is 0 Å². The Kier molecular flexibility index (Phi) is 5.06. The molecule has 0 atom stereocenters. The van der Waals surface area contributed by atoms with Gasteiger partial charge in [0.25, 0.3) is 0 Å². The summed E-state index contributed by atoms with van der Waals surface area (Å²) in [6.45, 7) is 1.70. The van der Waals surface area contributed by atoms with Crippen LogP contribution in [0, 0.1) is 0 Å². The molecule has 2 rings (SSSR count). The van der Waals surface area contributed by atoms with Crippen molar-refractivity contribution in [2.75, 3.05) is 19.3 Å². The predicted octanol–water partition coefficient (Wildman–Crippen LogP) is 1.51. The van der Waals surface area contributed by atoms with E-state index in [0.29, 0.717) is 19.6 Å². The summed E-state index contributed by atoms with van der Waals surface area (Å²) in [5.74, 6) is 0. The molecule has 2 aromatic heterocycles. The van der Waals surface area contributed by atoms with E-state index in [-0.39, 0.29) is 0 Å². The van der Waals surface area contributed by atoms with Crippen molar-refractivity contribution in [3.05, 3.63) is 28.6 Å². The summed E-state index contributed by atoms with van der Waals surface area (Å²) in [5, 5.41) is 6.24. The van der Waals surface area contributed by atoms with Gasteiger partial charge in [-0.25, -0.2) is 18.1 Å². The molecule has 5 nitrogen and oxygen atoms in total. The zero-order valence-corrected chi connectivity index (χ0v) is 12.9. The SMILES string of the molecule is CS(=O)(=O)NCCNCc1cnc(-c2cccs2)s1. The molecular weight excluding hydrogens is 302 g/mol. The third kappa shape index (κ3) is 5.00. The van der Waals surface area contributed by atoms with E-state index in [0.717, 1.165) is 16.1 Å². The Morgan fingerprint density at radius 1 is 1.37 bits per heavy atom. The lowest BCUT2D eigenvalue weighted by Crippen LogP contribution is -2.30. The lowest BCUT2D eigenvalue weighted by molar-refractivity contribution is 0.582. The number of rotatable bonds is 7. The first kappa shape index (κ1) is 14.6. The quantitative estimate of drug-likeness (QED) is 0.760. The number of nitrogens with zero attached hydrogens (tertiary/aromatic N) is 1. The van der Waals surface area contributed by atoms with E-state index in [2.05, 4.69) is 21.1 Å². The highest BCUT2D eigenvalue weighted by Crippen LogP contribution is 2.28. The molecule has 0 aliphatic heterocycles. The number of thiophene rings is 1. The van der Waals surface area contributed by atoms with E-state index in [1.807, 2.05) is 17.6 Å². The van der Waals surface area contributed by atoms with Crippen LogP contribution in [0.15, 0.2) is 23.7 Å². The third-order valence-corrected chi connectivity index (χ3v) is 5.02. The molecule has 0 fully saturated rings. The normalized spacial score (nSPS) is 11.8. The summed E-state index contributed by atoms with van der Waals surface area (Å²) >= 11 is 3.33. The summed E-state index contributed by atoms with van der Waals surface area (Å²) in [5.41, 5.74) is 0. The Morgan fingerprint density at radius 3 is 2.89 bits per heavy atom. The molecule has 0 spiro atoms. The number of hydrogen-bond acceptors (Lipinski definition) is 6. The Bertz CT molecular complexity index is 605. The van der Waals surface area contributed by atoms with E-state index < -0.39 is 10.0 Å². The van der Waals surface area contributed by atoms with Crippen molar-refractivity contribution in [1.82, 2.24) is 15.0 Å². The van der Waals surface area contributed by atoms with Gasteiger partial charge in [-0.15, -0.1) is 22.7 Å². The maximum atomic E-state index is 10.9. The second-order valence-electron chi connectivity index (χ2n) is 3.95. The van der Waals surface area contributed by atoms with Crippen molar-refractivity contribution < 1.29 is 8.42 Å². The largest absolute Gasteiger partial charge is 0.310 e. The molecule has 2 aromatic rings. The minimum absolute atomic E-state index is 0.398. The van der Waals surface area contributed by atoms with Crippen molar-refractivity contribution in [2.45, 2.75) is 6.54 Å². The molecule has 2 N–H and O–H groups in total. The molecule has 0 aromatic carbocycles. The van der Waals surface area contributed by atoms with Gasteiger partial charge in [0.2, 0.25) is 10.0 Å². The van der Waals surface area contributed by atoms with Crippen LogP contribution in [-0.4, -0.2) is 32.7 Å². The van der Waals surface area contributed by atoms with E-state index in [4.69, 9.17) is 0 Å². The van der Waals surface area contributed by atoms with Crippen molar-refractivity contribution in [3.63, 3.8) is 0 Å². The Balaban J connectivity index is 1.75. The number of hydrogen-bond donors (Lipinski definition) is 2. The van der Waals surface area contributed by atoms with Gasteiger partial charge in [-0.05, 0) is 11.4 Å². The van der Waals surface area contributed by atoms with Crippen molar-refractivity contribution in [3.8, 4) is 9.88 Å². The van der Waals surface area contributed by atoms with Gasteiger partial charge in [0.15, 0.2) is 0 Å². The van der Waals surface area contributed by atoms with Gasteiger partial charge in [0, 0.05) is 30.7 Å². The fraction of sp³-hybridized carbons (Fsp3) is 0.364. The Hall–Kier alpha value is -0.800. The first-order chi connectivity index (χ1) is 9.04. The van der Waals surface area contributed by atoms with Crippen LogP contribution in [-0.2, 0) is 16.6 Å². The maximum absolute atomic E-state index is 10.9. The molecular formula is C11H15N3O2S3. The van der Waals surface area contributed by atoms with Crippen LogP contribution >= 0.6 is 22.7 Å². The highest BCUT2D eigenvalue weighted by molar-refractivity contribution is 7.88. The van der Waals surface area contributed by atoms with Gasteiger partial charge in [-0.2, -0.15) is 0 Å². The molecule has 2 heterocycles. The second kappa shape index (κ2) is 6.58. The van der Waals surface area contributed by atoms with E-state index in [1.54, 1.807) is 22.7 Å². The van der Waals surface area contributed by atoms with E-state index >= 15 is 0 Å². The standard InChI is InChI=1S/C11H15N3O2S3/c1-19(15,16)14-5-4-12-7-9-8-13-11(18-9)10-3-2-6-17-10/h2-3,6,8,12,14H,4-5,7H2,1H3. The highest BCUT2D eigenvalue weighted by atomic mass is 32.2. The Labute approximate surface area is 120 Å². The molecule has 0 aliphatic carbocycles. The number of aromatic nitrogens is 1. The van der Waals surface area contributed by atoms with Crippen LogP contribution in [0.1, 0.15) is 4.88 Å². The lowest BCUT2D eigenvalue weighted by Gasteiger charge is -2.03. The lowest BCUT2D eigenvalue weighted by atomic mass is 10.5. The fourth-order valence-corrected chi connectivity index (χ4v) is 3.60. The molecule has 0 amide bonds. The highest BCUT2D eigenvalue weighted by Gasteiger charge is 2.05. The minimum atomic E-state index is -3.09. The molecule has 0 unspecified atom stereocenters. The molecule has 0 aliphatic rings. The van der Waals surface area contributed by atoms with Crippen molar-refractivity contribution in [2.24, 2.45) is 0 Å². The topological polar surface area (TPSA) is 71.1 Å². The fourth-order valence-electron chi connectivity index (χ4n) is 1.44. The average molecular weight is 317 g/mol. The van der Waals surface area contributed by atoms with Crippen LogP contribution in [0.5, 0.6) is 0 Å².